The van der Waals surface area contributed by atoms with Crippen LogP contribution in [0.1, 0.15) is 31.0 Å². The Morgan fingerprint density at radius 3 is 2.80 bits per heavy atom. The normalized spacial score (nSPS) is 26.5. The smallest absolute Gasteiger partial charge is 0.238 e. The molecule has 0 aromatic heterocycles. The van der Waals surface area contributed by atoms with Crippen molar-refractivity contribution in [2.24, 2.45) is 0 Å². The summed E-state index contributed by atoms with van der Waals surface area (Å²) in [6.45, 7) is 1.01. The van der Waals surface area contributed by atoms with Gasteiger partial charge < -0.3 is 5.32 Å². The first-order chi connectivity index (χ1) is 9.83. The lowest BCUT2D eigenvalue weighted by atomic mass is 10.0. The molecule has 2 saturated heterocycles. The van der Waals surface area contributed by atoms with E-state index in [0.29, 0.717) is 0 Å². The van der Waals surface area contributed by atoms with E-state index in [0.717, 1.165) is 13.0 Å². The number of nitrogens with one attached hydrogen (secondary N) is 1. The number of carbonyl (C=O) groups excluding carboxylic acids is 1. The van der Waals surface area contributed by atoms with Gasteiger partial charge in [0.25, 0.3) is 0 Å². The van der Waals surface area contributed by atoms with Crippen molar-refractivity contribution in [2.45, 2.75) is 31.5 Å². The number of piperidine rings is 1. The zero-order chi connectivity index (χ0) is 13.5. The maximum Gasteiger partial charge on any atom is 0.238 e. The van der Waals surface area contributed by atoms with E-state index in [9.17, 15) is 4.79 Å². The van der Waals surface area contributed by atoms with Crippen molar-refractivity contribution in [3.8, 4) is 0 Å². The van der Waals surface area contributed by atoms with Crippen molar-refractivity contribution < 1.29 is 4.79 Å². The minimum Gasteiger partial charge on any atom is -0.335 e. The van der Waals surface area contributed by atoms with E-state index in [1.165, 1.54) is 29.2 Å². The minimum absolute atomic E-state index is 0.0532. The van der Waals surface area contributed by atoms with Crippen LogP contribution in [0.4, 0.5) is 0 Å². The number of nitrogens with zero attached hydrogens (tertiary/aromatic N) is 1. The van der Waals surface area contributed by atoms with Gasteiger partial charge in [-0.05, 0) is 35.2 Å². The van der Waals surface area contributed by atoms with Crippen LogP contribution in [0.3, 0.4) is 0 Å². The number of fused-ring (bicyclic) bond motifs is 2. The topological polar surface area (TPSA) is 32.3 Å². The minimum atomic E-state index is 0.0532. The van der Waals surface area contributed by atoms with E-state index < -0.39 is 0 Å². The van der Waals surface area contributed by atoms with Gasteiger partial charge in [0.2, 0.25) is 5.91 Å². The van der Waals surface area contributed by atoms with Gasteiger partial charge in [-0.15, -0.1) is 0 Å². The van der Waals surface area contributed by atoms with Crippen molar-refractivity contribution in [2.75, 3.05) is 6.54 Å². The monoisotopic (exact) mass is 266 g/mol. The van der Waals surface area contributed by atoms with Gasteiger partial charge in [-0.3, -0.25) is 9.69 Å². The summed E-state index contributed by atoms with van der Waals surface area (Å²) in [5, 5.41) is 5.65. The van der Waals surface area contributed by atoms with Crippen LogP contribution < -0.4 is 5.32 Å². The Balaban J connectivity index is 1.73. The molecule has 2 unspecified atom stereocenters. The van der Waals surface area contributed by atoms with Crippen molar-refractivity contribution >= 4 is 16.7 Å². The average molecular weight is 266 g/mol. The molecule has 3 nitrogen and oxygen atoms in total. The quantitative estimate of drug-likeness (QED) is 0.861. The molecule has 1 N–H and O–H groups in total. The van der Waals surface area contributed by atoms with Crippen molar-refractivity contribution in [1.29, 1.82) is 0 Å². The number of amides is 1. The van der Waals surface area contributed by atoms with Crippen LogP contribution in [0.5, 0.6) is 0 Å². The summed E-state index contributed by atoms with van der Waals surface area (Å²) in [7, 11) is 0. The number of carbonyl (C=O) groups is 1. The molecule has 0 aliphatic carbocycles. The maximum atomic E-state index is 12.1. The summed E-state index contributed by atoms with van der Waals surface area (Å²) in [5.41, 5.74) is 1.20. The molecule has 2 fully saturated rings. The third-order valence-electron chi connectivity index (χ3n) is 4.55. The molecule has 0 bridgehead atoms. The standard InChI is InChI=1S/C17H18N2O/c20-17-15-7-3-4-10-19(15)16(18-17)14-9-8-12-5-1-2-6-13(12)11-14/h1-2,5-6,8-9,11,15-16H,3-4,7,10H2,(H,18,20). The summed E-state index contributed by atoms with van der Waals surface area (Å²) in [6.07, 6.45) is 3.40. The van der Waals surface area contributed by atoms with E-state index in [-0.39, 0.29) is 18.1 Å². The fourth-order valence-corrected chi connectivity index (χ4v) is 3.51. The second-order valence-corrected chi connectivity index (χ2v) is 5.77. The molecule has 0 saturated carbocycles. The Morgan fingerprint density at radius 2 is 1.90 bits per heavy atom. The molecule has 20 heavy (non-hydrogen) atoms. The van der Waals surface area contributed by atoms with Gasteiger partial charge >= 0.3 is 0 Å². The van der Waals surface area contributed by atoms with Gasteiger partial charge in [0.05, 0.1) is 6.04 Å². The number of rotatable bonds is 1. The van der Waals surface area contributed by atoms with Crippen LogP contribution >= 0.6 is 0 Å². The van der Waals surface area contributed by atoms with E-state index in [2.05, 4.69) is 52.7 Å². The Kier molecular flexibility index (Phi) is 2.74. The zero-order valence-electron chi connectivity index (χ0n) is 11.4. The van der Waals surface area contributed by atoms with Gasteiger partial charge in [0.15, 0.2) is 0 Å². The molecule has 2 aromatic carbocycles. The fourth-order valence-electron chi connectivity index (χ4n) is 3.51. The van der Waals surface area contributed by atoms with Crippen LogP contribution in [-0.2, 0) is 4.79 Å². The summed E-state index contributed by atoms with van der Waals surface area (Å²) in [5.74, 6) is 0.197. The van der Waals surface area contributed by atoms with Crippen LogP contribution in [0.15, 0.2) is 42.5 Å². The third-order valence-corrected chi connectivity index (χ3v) is 4.55. The van der Waals surface area contributed by atoms with E-state index >= 15 is 0 Å². The first-order valence-electron chi connectivity index (χ1n) is 7.38. The molecule has 1 amide bonds. The van der Waals surface area contributed by atoms with Crippen molar-refractivity contribution in [3.05, 3.63) is 48.0 Å². The van der Waals surface area contributed by atoms with Gasteiger partial charge in [0, 0.05) is 6.54 Å². The molecule has 2 aromatic rings. The lowest BCUT2D eigenvalue weighted by Gasteiger charge is -2.31. The van der Waals surface area contributed by atoms with Crippen LogP contribution in [-0.4, -0.2) is 23.4 Å². The molecule has 102 valence electrons. The summed E-state index contributed by atoms with van der Waals surface area (Å²) in [4.78, 5) is 14.4. The van der Waals surface area contributed by atoms with Crippen LogP contribution in [0.25, 0.3) is 10.8 Å². The van der Waals surface area contributed by atoms with E-state index in [1.54, 1.807) is 0 Å². The highest BCUT2D eigenvalue weighted by Crippen LogP contribution is 2.33. The van der Waals surface area contributed by atoms with Crippen molar-refractivity contribution in [3.63, 3.8) is 0 Å². The largest absolute Gasteiger partial charge is 0.335 e. The summed E-state index contributed by atoms with van der Waals surface area (Å²) >= 11 is 0. The van der Waals surface area contributed by atoms with Gasteiger partial charge in [-0.1, -0.05) is 42.8 Å². The first-order valence-corrected chi connectivity index (χ1v) is 7.38. The highest BCUT2D eigenvalue weighted by Gasteiger charge is 2.41. The second-order valence-electron chi connectivity index (χ2n) is 5.77. The molecule has 0 spiro atoms. The van der Waals surface area contributed by atoms with Crippen molar-refractivity contribution in [1.82, 2.24) is 10.2 Å². The van der Waals surface area contributed by atoms with E-state index in [1.807, 2.05) is 0 Å². The Labute approximate surface area is 118 Å². The lowest BCUT2D eigenvalue weighted by molar-refractivity contribution is -0.122. The fraction of sp³-hybridized carbons (Fsp3) is 0.353. The highest BCUT2D eigenvalue weighted by atomic mass is 16.2. The number of hydrogen-bond donors (Lipinski definition) is 1. The van der Waals surface area contributed by atoms with E-state index in [4.69, 9.17) is 0 Å². The molecule has 4 rings (SSSR count). The SMILES string of the molecule is O=C1NC(c2ccc3ccccc3c2)N2CCCCC12. The predicted octanol–water partition coefficient (Wildman–Crippen LogP) is 2.82. The average Bonchev–Trinajstić information content (AvgIpc) is 2.85. The second kappa shape index (κ2) is 4.60. The summed E-state index contributed by atoms with van der Waals surface area (Å²) < 4.78 is 0. The Bertz CT molecular complexity index is 667. The molecular formula is C17H18N2O. The molecule has 2 aliphatic rings. The lowest BCUT2D eigenvalue weighted by Crippen LogP contribution is -2.38. The third kappa shape index (κ3) is 1.81. The zero-order valence-corrected chi connectivity index (χ0v) is 11.4. The number of benzene rings is 2. The predicted molar refractivity (Wildman–Crippen MR) is 79.2 cm³/mol. The van der Waals surface area contributed by atoms with Crippen LogP contribution in [0.2, 0.25) is 0 Å². The summed E-state index contributed by atoms with van der Waals surface area (Å²) in [6, 6.07) is 14.9. The highest BCUT2D eigenvalue weighted by molar-refractivity contribution is 5.86. The molecule has 2 aliphatic heterocycles. The van der Waals surface area contributed by atoms with Gasteiger partial charge in [-0.2, -0.15) is 0 Å². The Morgan fingerprint density at radius 1 is 1.05 bits per heavy atom. The molecule has 2 atom stereocenters. The van der Waals surface area contributed by atoms with Gasteiger partial charge in [0.1, 0.15) is 6.17 Å². The molecule has 3 heteroatoms. The molecule has 0 radical (unpaired) electrons. The van der Waals surface area contributed by atoms with Crippen LogP contribution in [0, 0.1) is 0 Å². The van der Waals surface area contributed by atoms with Gasteiger partial charge in [-0.25, -0.2) is 0 Å². The first kappa shape index (κ1) is 11.9. The Hall–Kier alpha value is -1.87. The molecule has 2 heterocycles. The maximum absolute atomic E-state index is 12.1. The number of hydrogen-bond acceptors (Lipinski definition) is 2. The molecular weight excluding hydrogens is 248 g/mol.